The minimum absolute atomic E-state index is 0.00686. The van der Waals surface area contributed by atoms with Crippen molar-refractivity contribution in [1.29, 1.82) is 0 Å². The van der Waals surface area contributed by atoms with E-state index < -0.39 is 10.9 Å². The number of benzene rings is 3. The Morgan fingerprint density at radius 2 is 1.54 bits per heavy atom. The van der Waals surface area contributed by atoms with Gasteiger partial charge in [0.05, 0.1) is 10.6 Å². The van der Waals surface area contributed by atoms with Gasteiger partial charge in [-0.15, -0.1) is 0 Å². The molecule has 2 heterocycles. The van der Waals surface area contributed by atoms with Crippen LogP contribution < -0.4 is 9.80 Å². The molecule has 3 aromatic carbocycles. The summed E-state index contributed by atoms with van der Waals surface area (Å²) in [7, 11) is 1.74. The van der Waals surface area contributed by atoms with Gasteiger partial charge < -0.3 is 14.9 Å². The molecule has 188 valence electrons. The summed E-state index contributed by atoms with van der Waals surface area (Å²) in [4.78, 5) is 27.1. The van der Waals surface area contributed by atoms with E-state index in [-0.39, 0.29) is 11.4 Å². The molecule has 1 fully saturated rings. The first-order valence-electron chi connectivity index (χ1n) is 11.7. The first kappa shape index (κ1) is 24.3. The number of anilines is 2. The third kappa shape index (κ3) is 4.85. The molecule has 0 amide bonds. The molecule has 0 bridgehead atoms. The van der Waals surface area contributed by atoms with Crippen molar-refractivity contribution in [2.75, 3.05) is 36.0 Å². The molecule has 0 aliphatic carbocycles. The number of aromatic carboxylic acids is 1. The van der Waals surface area contributed by atoms with Gasteiger partial charge in [-0.2, -0.15) is 5.10 Å². The molecule has 10 heteroatoms. The standard InChI is InChI=1S/C27H24ClN5O4/c1-30-26(18-5-7-20(28)8-6-18)24(25(29-30)27(34)35)19-3-2-4-23(17-19)32-15-13-31(14-16-32)21-9-11-22(12-10-21)33(36)37/h2-12,17H,13-16H2,1H3,(H,34,35). The van der Waals surface area contributed by atoms with Gasteiger partial charge >= 0.3 is 5.97 Å². The van der Waals surface area contributed by atoms with Gasteiger partial charge in [0.25, 0.3) is 5.69 Å². The molecule has 5 rings (SSSR count). The molecular formula is C27H24ClN5O4. The van der Waals surface area contributed by atoms with Crippen LogP contribution in [0.3, 0.4) is 0 Å². The predicted molar refractivity (Wildman–Crippen MR) is 144 cm³/mol. The van der Waals surface area contributed by atoms with Crippen LogP contribution >= 0.6 is 11.6 Å². The Hall–Kier alpha value is -4.37. The van der Waals surface area contributed by atoms with Crippen LogP contribution in [0.2, 0.25) is 5.02 Å². The monoisotopic (exact) mass is 517 g/mol. The van der Waals surface area contributed by atoms with E-state index in [2.05, 4.69) is 14.9 Å². The highest BCUT2D eigenvalue weighted by molar-refractivity contribution is 6.30. The van der Waals surface area contributed by atoms with Crippen LogP contribution in [0.15, 0.2) is 72.8 Å². The lowest BCUT2D eigenvalue weighted by molar-refractivity contribution is -0.384. The van der Waals surface area contributed by atoms with Crippen LogP contribution in [0.4, 0.5) is 17.1 Å². The quantitative estimate of drug-likeness (QED) is 0.272. The van der Waals surface area contributed by atoms with Crippen LogP contribution in [-0.4, -0.2) is 52.0 Å². The molecule has 1 aliphatic rings. The molecule has 1 aliphatic heterocycles. The van der Waals surface area contributed by atoms with Crippen molar-refractivity contribution in [2.24, 2.45) is 7.05 Å². The molecule has 9 nitrogen and oxygen atoms in total. The summed E-state index contributed by atoms with van der Waals surface area (Å²) in [5.74, 6) is -1.09. The van der Waals surface area contributed by atoms with Gasteiger partial charge in [-0.3, -0.25) is 14.8 Å². The van der Waals surface area contributed by atoms with E-state index in [1.807, 2.05) is 36.4 Å². The van der Waals surface area contributed by atoms with Gasteiger partial charge in [-0.25, -0.2) is 4.79 Å². The molecule has 1 N–H and O–H groups in total. The second kappa shape index (κ2) is 9.94. The van der Waals surface area contributed by atoms with E-state index in [9.17, 15) is 20.0 Å². The summed E-state index contributed by atoms with van der Waals surface area (Å²) in [6.07, 6.45) is 0. The number of carboxylic acids is 1. The summed E-state index contributed by atoms with van der Waals surface area (Å²) < 4.78 is 1.59. The molecule has 37 heavy (non-hydrogen) atoms. The van der Waals surface area contributed by atoms with Crippen molar-refractivity contribution in [3.63, 3.8) is 0 Å². The molecule has 0 radical (unpaired) electrons. The zero-order valence-corrected chi connectivity index (χ0v) is 20.8. The van der Waals surface area contributed by atoms with E-state index in [0.717, 1.165) is 48.7 Å². The number of rotatable bonds is 6. The fraction of sp³-hybridized carbons (Fsp3) is 0.185. The van der Waals surface area contributed by atoms with Gasteiger partial charge in [0, 0.05) is 72.9 Å². The lowest BCUT2D eigenvalue weighted by Gasteiger charge is -2.37. The number of aromatic nitrogens is 2. The molecule has 0 unspecified atom stereocenters. The first-order valence-corrected chi connectivity index (χ1v) is 12.1. The molecule has 4 aromatic rings. The zero-order valence-electron chi connectivity index (χ0n) is 20.0. The highest BCUT2D eigenvalue weighted by Gasteiger charge is 2.25. The number of non-ortho nitro benzene ring substituents is 1. The smallest absolute Gasteiger partial charge is 0.357 e. The average Bonchev–Trinajstić information content (AvgIpc) is 3.27. The minimum Gasteiger partial charge on any atom is -0.476 e. The lowest BCUT2D eigenvalue weighted by atomic mass is 9.98. The number of carboxylic acid groups (broad SMARTS) is 1. The Bertz CT molecular complexity index is 1460. The highest BCUT2D eigenvalue weighted by atomic mass is 35.5. The molecule has 1 saturated heterocycles. The number of hydrogen-bond donors (Lipinski definition) is 1. The summed E-state index contributed by atoms with van der Waals surface area (Å²) in [6, 6.07) is 21.7. The first-order chi connectivity index (χ1) is 17.8. The highest BCUT2D eigenvalue weighted by Crippen LogP contribution is 2.37. The molecular weight excluding hydrogens is 494 g/mol. The van der Waals surface area contributed by atoms with E-state index in [1.165, 1.54) is 12.1 Å². The Morgan fingerprint density at radius 1 is 0.919 bits per heavy atom. The van der Waals surface area contributed by atoms with Crippen molar-refractivity contribution in [2.45, 2.75) is 0 Å². The second-order valence-corrected chi connectivity index (χ2v) is 9.24. The van der Waals surface area contributed by atoms with Crippen molar-refractivity contribution in [3.8, 4) is 22.4 Å². The van der Waals surface area contributed by atoms with Gasteiger partial charge in [0.2, 0.25) is 0 Å². The fourth-order valence-corrected chi connectivity index (χ4v) is 4.88. The number of nitro benzene ring substituents is 1. The van der Waals surface area contributed by atoms with E-state index in [1.54, 1.807) is 36.0 Å². The van der Waals surface area contributed by atoms with Crippen LogP contribution in [0.5, 0.6) is 0 Å². The van der Waals surface area contributed by atoms with Crippen LogP contribution in [0.1, 0.15) is 10.5 Å². The number of aryl methyl sites for hydroxylation is 1. The van der Waals surface area contributed by atoms with Gasteiger partial charge in [0.1, 0.15) is 0 Å². The predicted octanol–water partition coefficient (Wildman–Crippen LogP) is 5.34. The molecule has 0 saturated carbocycles. The zero-order chi connectivity index (χ0) is 26.1. The number of halogens is 1. The number of hydrogen-bond acceptors (Lipinski definition) is 6. The Labute approximate surface area is 218 Å². The molecule has 0 atom stereocenters. The van der Waals surface area contributed by atoms with Crippen molar-refractivity contribution in [1.82, 2.24) is 9.78 Å². The summed E-state index contributed by atoms with van der Waals surface area (Å²) in [6.45, 7) is 3.02. The van der Waals surface area contributed by atoms with Crippen LogP contribution in [-0.2, 0) is 7.05 Å². The fourth-order valence-electron chi connectivity index (χ4n) is 4.75. The summed E-state index contributed by atoms with van der Waals surface area (Å²) >= 11 is 6.07. The third-order valence-corrected chi connectivity index (χ3v) is 6.82. The molecule has 0 spiro atoms. The van der Waals surface area contributed by atoms with Crippen molar-refractivity contribution in [3.05, 3.63) is 93.6 Å². The summed E-state index contributed by atoms with van der Waals surface area (Å²) in [5.41, 5.74) is 4.87. The normalized spacial score (nSPS) is 13.6. The maximum absolute atomic E-state index is 12.1. The van der Waals surface area contributed by atoms with Gasteiger partial charge in [-0.05, 0) is 42.0 Å². The second-order valence-electron chi connectivity index (χ2n) is 8.81. The van der Waals surface area contributed by atoms with Crippen LogP contribution in [0, 0.1) is 10.1 Å². The van der Waals surface area contributed by atoms with Crippen molar-refractivity contribution >= 4 is 34.6 Å². The Morgan fingerprint density at radius 3 is 2.14 bits per heavy atom. The minimum atomic E-state index is -1.09. The van der Waals surface area contributed by atoms with Crippen LogP contribution in [0.25, 0.3) is 22.4 Å². The Kier molecular flexibility index (Phi) is 6.54. The van der Waals surface area contributed by atoms with Gasteiger partial charge in [0.15, 0.2) is 5.69 Å². The third-order valence-electron chi connectivity index (χ3n) is 6.57. The number of nitrogens with zero attached hydrogens (tertiary/aromatic N) is 5. The van der Waals surface area contributed by atoms with Crippen molar-refractivity contribution < 1.29 is 14.8 Å². The largest absolute Gasteiger partial charge is 0.476 e. The summed E-state index contributed by atoms with van der Waals surface area (Å²) in [5, 5.41) is 25.8. The SMILES string of the molecule is Cn1nc(C(=O)O)c(-c2cccc(N3CCN(c4ccc([N+](=O)[O-])cc4)CC3)c2)c1-c1ccc(Cl)cc1. The maximum atomic E-state index is 12.1. The average molecular weight is 518 g/mol. The van der Waals surface area contributed by atoms with E-state index >= 15 is 0 Å². The molecule has 1 aromatic heterocycles. The lowest BCUT2D eigenvalue weighted by Crippen LogP contribution is -2.46. The number of piperazine rings is 1. The topological polar surface area (TPSA) is 105 Å². The van der Waals surface area contributed by atoms with Gasteiger partial charge in [-0.1, -0.05) is 35.9 Å². The maximum Gasteiger partial charge on any atom is 0.357 e. The van der Waals surface area contributed by atoms with E-state index in [0.29, 0.717) is 16.3 Å². The Balaban J connectivity index is 1.42. The van der Waals surface area contributed by atoms with E-state index in [4.69, 9.17) is 11.6 Å². The number of carbonyl (C=O) groups is 1. The number of nitro groups is 1.